The van der Waals surface area contributed by atoms with Gasteiger partial charge in [0.25, 0.3) is 11.8 Å². The second kappa shape index (κ2) is 5.19. The Morgan fingerprint density at radius 3 is 2.33 bits per heavy atom. The van der Waals surface area contributed by atoms with Crippen molar-refractivity contribution in [3.8, 4) is 0 Å². The molecule has 0 atom stereocenters. The highest BCUT2D eigenvalue weighted by Crippen LogP contribution is 2.39. The van der Waals surface area contributed by atoms with Crippen LogP contribution in [0, 0.1) is 5.82 Å². The van der Waals surface area contributed by atoms with Crippen molar-refractivity contribution in [1.82, 2.24) is 0 Å². The van der Waals surface area contributed by atoms with Crippen LogP contribution in [-0.4, -0.2) is 11.8 Å². The van der Waals surface area contributed by atoms with Crippen LogP contribution in [-0.2, 0) is 0 Å². The molecule has 0 spiro atoms. The first-order valence-electron chi connectivity index (χ1n) is 5.73. The van der Waals surface area contributed by atoms with E-state index >= 15 is 0 Å². The summed E-state index contributed by atoms with van der Waals surface area (Å²) in [5.41, 5.74) is 0.706. The van der Waals surface area contributed by atoms with E-state index in [0.29, 0.717) is 4.47 Å². The van der Waals surface area contributed by atoms with Gasteiger partial charge in [0.1, 0.15) is 5.82 Å². The van der Waals surface area contributed by atoms with E-state index in [-0.39, 0.29) is 26.3 Å². The van der Waals surface area contributed by atoms with E-state index in [1.807, 2.05) is 0 Å². The van der Waals surface area contributed by atoms with Gasteiger partial charge < -0.3 is 0 Å². The Bertz CT molecular complexity index is 787. The first kappa shape index (κ1) is 14.7. The maximum Gasteiger partial charge on any atom is 0.266 e. The zero-order valence-corrected chi connectivity index (χ0v) is 14.1. The summed E-state index contributed by atoms with van der Waals surface area (Å²) in [6.45, 7) is 0. The van der Waals surface area contributed by atoms with Crippen LogP contribution in [0.1, 0.15) is 20.7 Å². The SMILES string of the molecule is O=C1c2ccc(Br)cc2C(=O)N1c1c(Cl)cc(F)cc1Br. The lowest BCUT2D eigenvalue weighted by Gasteiger charge is -2.17. The maximum absolute atomic E-state index is 13.3. The molecule has 3 nitrogen and oxygen atoms in total. The summed E-state index contributed by atoms with van der Waals surface area (Å²) in [4.78, 5) is 25.8. The van der Waals surface area contributed by atoms with Crippen molar-refractivity contribution in [2.75, 3.05) is 4.90 Å². The third-order valence-corrected chi connectivity index (χ3v) is 4.44. The predicted octanol–water partition coefficient (Wildman–Crippen LogP) is 4.80. The normalized spacial score (nSPS) is 13.8. The van der Waals surface area contributed by atoms with E-state index in [4.69, 9.17) is 11.6 Å². The van der Waals surface area contributed by atoms with Crippen molar-refractivity contribution >= 4 is 61.0 Å². The number of fused-ring (bicyclic) bond motifs is 1. The first-order valence-corrected chi connectivity index (χ1v) is 7.69. The topological polar surface area (TPSA) is 37.4 Å². The fourth-order valence-electron chi connectivity index (χ4n) is 2.16. The molecule has 1 aliphatic heterocycles. The molecule has 2 amide bonds. The Balaban J connectivity index is 2.19. The van der Waals surface area contributed by atoms with Crippen LogP contribution >= 0.6 is 43.5 Å². The molecular formula is C14H5Br2ClFNO2. The summed E-state index contributed by atoms with van der Waals surface area (Å²) in [5, 5.41) is -0.0181. The van der Waals surface area contributed by atoms with Crippen LogP contribution < -0.4 is 4.90 Å². The largest absolute Gasteiger partial charge is 0.268 e. The van der Waals surface area contributed by atoms with Gasteiger partial charge in [-0.1, -0.05) is 27.5 Å². The Kier molecular flexibility index (Phi) is 3.63. The van der Waals surface area contributed by atoms with E-state index in [9.17, 15) is 14.0 Å². The quantitative estimate of drug-likeness (QED) is 0.606. The third-order valence-electron chi connectivity index (χ3n) is 3.05. The summed E-state index contributed by atoms with van der Waals surface area (Å²) in [7, 11) is 0. The van der Waals surface area contributed by atoms with Gasteiger partial charge in [0.15, 0.2) is 0 Å². The van der Waals surface area contributed by atoms with Crippen molar-refractivity contribution in [2.45, 2.75) is 0 Å². The van der Waals surface area contributed by atoms with Crippen molar-refractivity contribution in [2.24, 2.45) is 0 Å². The van der Waals surface area contributed by atoms with Gasteiger partial charge >= 0.3 is 0 Å². The lowest BCUT2D eigenvalue weighted by molar-refractivity contribution is 0.0926. The fourth-order valence-corrected chi connectivity index (χ4v) is 3.54. The smallest absolute Gasteiger partial charge is 0.266 e. The van der Waals surface area contributed by atoms with Crippen molar-refractivity contribution in [1.29, 1.82) is 0 Å². The van der Waals surface area contributed by atoms with Crippen molar-refractivity contribution in [3.05, 3.63) is 61.2 Å². The van der Waals surface area contributed by atoms with Crippen LogP contribution in [0.2, 0.25) is 5.02 Å². The standard InChI is InChI=1S/C14H5Br2ClFNO2/c15-6-1-2-8-9(3-6)14(21)19(13(8)20)12-10(16)4-7(18)5-11(12)17/h1-5H. The third kappa shape index (κ3) is 2.31. The highest BCUT2D eigenvalue weighted by molar-refractivity contribution is 9.10. The van der Waals surface area contributed by atoms with Crippen LogP contribution in [0.15, 0.2) is 39.3 Å². The molecule has 1 aliphatic rings. The van der Waals surface area contributed by atoms with Gasteiger partial charge in [0.2, 0.25) is 0 Å². The minimum absolute atomic E-state index is 0.0181. The molecule has 2 aromatic carbocycles. The van der Waals surface area contributed by atoms with Gasteiger partial charge in [-0.25, -0.2) is 9.29 Å². The van der Waals surface area contributed by atoms with Gasteiger partial charge in [-0.15, -0.1) is 0 Å². The molecule has 0 aliphatic carbocycles. The first-order chi connectivity index (χ1) is 9.90. The molecule has 0 aromatic heterocycles. The molecule has 3 rings (SSSR count). The molecule has 0 saturated carbocycles. The van der Waals surface area contributed by atoms with E-state index in [1.54, 1.807) is 18.2 Å². The van der Waals surface area contributed by atoms with Gasteiger partial charge in [0, 0.05) is 8.95 Å². The number of nitrogens with zero attached hydrogens (tertiary/aromatic N) is 1. The molecule has 1 heterocycles. The summed E-state index contributed by atoms with van der Waals surface area (Å²) >= 11 is 12.4. The lowest BCUT2D eigenvalue weighted by Crippen LogP contribution is -2.30. The molecule has 7 heteroatoms. The van der Waals surface area contributed by atoms with Gasteiger partial charge in [-0.3, -0.25) is 9.59 Å². The predicted molar refractivity (Wildman–Crippen MR) is 84.4 cm³/mol. The number of carbonyl (C=O) groups is 2. The van der Waals surface area contributed by atoms with Gasteiger partial charge in [0.05, 0.1) is 21.8 Å². The van der Waals surface area contributed by atoms with E-state index < -0.39 is 17.6 Å². The van der Waals surface area contributed by atoms with Crippen LogP contribution in [0.25, 0.3) is 0 Å². The summed E-state index contributed by atoms with van der Waals surface area (Å²) in [6, 6.07) is 7.02. The average molecular weight is 433 g/mol. The molecule has 0 saturated heterocycles. The number of amides is 2. The van der Waals surface area contributed by atoms with Crippen LogP contribution in [0.4, 0.5) is 10.1 Å². The number of halogens is 4. The number of imide groups is 1. The molecule has 0 N–H and O–H groups in total. The molecule has 0 unspecified atom stereocenters. The summed E-state index contributed by atoms with van der Waals surface area (Å²) in [6.07, 6.45) is 0. The molecule has 106 valence electrons. The van der Waals surface area contributed by atoms with E-state index in [2.05, 4.69) is 31.9 Å². The second-order valence-corrected chi connectivity index (χ2v) is 6.53. The molecule has 2 aromatic rings. The minimum Gasteiger partial charge on any atom is -0.268 e. The van der Waals surface area contributed by atoms with E-state index in [1.165, 1.54) is 0 Å². The van der Waals surface area contributed by atoms with Crippen LogP contribution in [0.5, 0.6) is 0 Å². The Hall–Kier alpha value is -1.24. The molecule has 0 fully saturated rings. The number of hydrogen-bond donors (Lipinski definition) is 0. The fraction of sp³-hybridized carbons (Fsp3) is 0. The maximum atomic E-state index is 13.3. The Labute approximate surface area is 140 Å². The van der Waals surface area contributed by atoms with Crippen LogP contribution in [0.3, 0.4) is 0 Å². The van der Waals surface area contributed by atoms with Gasteiger partial charge in [-0.2, -0.15) is 0 Å². The molecule has 0 radical (unpaired) electrons. The highest BCUT2D eigenvalue weighted by Gasteiger charge is 2.38. The van der Waals surface area contributed by atoms with Crippen molar-refractivity contribution in [3.63, 3.8) is 0 Å². The van der Waals surface area contributed by atoms with Crippen molar-refractivity contribution < 1.29 is 14.0 Å². The Morgan fingerprint density at radius 2 is 1.67 bits per heavy atom. The zero-order valence-electron chi connectivity index (χ0n) is 10.2. The second-order valence-electron chi connectivity index (χ2n) is 4.35. The Morgan fingerprint density at radius 1 is 1.00 bits per heavy atom. The number of carbonyl (C=O) groups excluding carboxylic acids is 2. The average Bonchev–Trinajstić information content (AvgIpc) is 2.62. The number of benzene rings is 2. The molecular weight excluding hydrogens is 428 g/mol. The molecule has 21 heavy (non-hydrogen) atoms. The highest BCUT2D eigenvalue weighted by atomic mass is 79.9. The molecule has 0 bridgehead atoms. The number of rotatable bonds is 1. The summed E-state index contributed by atoms with van der Waals surface area (Å²) < 4.78 is 14.2. The lowest BCUT2D eigenvalue weighted by atomic mass is 10.1. The number of hydrogen-bond acceptors (Lipinski definition) is 2. The zero-order chi connectivity index (χ0) is 15.3. The number of anilines is 1. The summed E-state index contributed by atoms with van der Waals surface area (Å²) in [5.74, 6) is -1.54. The minimum atomic E-state index is -0.560. The van der Waals surface area contributed by atoms with Gasteiger partial charge in [-0.05, 0) is 46.3 Å². The monoisotopic (exact) mass is 431 g/mol. The van der Waals surface area contributed by atoms with E-state index in [0.717, 1.165) is 17.0 Å².